The van der Waals surface area contributed by atoms with Gasteiger partial charge >= 0.3 is 0 Å². The molecule has 0 spiro atoms. The number of β-amino-alcohol motifs (C(OH)–C–C–N with tert-alkyl or cyclic N) is 1. The molecule has 3 heteroatoms. The third kappa shape index (κ3) is 2.74. The minimum absolute atomic E-state index is 0.419. The van der Waals surface area contributed by atoms with Gasteiger partial charge in [0.2, 0.25) is 0 Å². The van der Waals surface area contributed by atoms with Gasteiger partial charge in [0, 0.05) is 18.3 Å². The fourth-order valence-electron chi connectivity index (χ4n) is 3.05. The third-order valence-electron chi connectivity index (χ3n) is 4.20. The highest BCUT2D eigenvalue weighted by Crippen LogP contribution is 2.33. The lowest BCUT2D eigenvalue weighted by atomic mass is 10.1. The van der Waals surface area contributed by atoms with Gasteiger partial charge in [0.05, 0.1) is 13.2 Å². The van der Waals surface area contributed by atoms with Crippen LogP contribution in [0.25, 0.3) is 0 Å². The summed E-state index contributed by atoms with van der Waals surface area (Å²) in [5.74, 6) is 0.779. The van der Waals surface area contributed by atoms with Crippen LogP contribution >= 0.6 is 0 Å². The van der Waals surface area contributed by atoms with Gasteiger partial charge in [0.1, 0.15) is 5.75 Å². The molecule has 0 aromatic heterocycles. The average Bonchev–Trinajstić information content (AvgIpc) is 2.83. The maximum absolute atomic E-state index is 10.5. The lowest BCUT2D eigenvalue weighted by Crippen LogP contribution is -2.33. The molecule has 2 unspecified atom stereocenters. The zero-order chi connectivity index (χ0) is 14.8. The second kappa shape index (κ2) is 5.78. The van der Waals surface area contributed by atoms with Crippen LogP contribution in [0.2, 0.25) is 0 Å². The second-order valence-corrected chi connectivity index (χ2v) is 5.63. The maximum Gasteiger partial charge on any atom is 0.119 e. The number of aliphatic hydroxyl groups excluding tert-OH is 1. The number of benzene rings is 2. The fraction of sp³-hybridized carbons (Fsp3) is 0.333. The van der Waals surface area contributed by atoms with Gasteiger partial charge in [-0.2, -0.15) is 0 Å². The predicted octanol–water partition coefficient (Wildman–Crippen LogP) is 3.18. The van der Waals surface area contributed by atoms with Crippen LogP contribution in [0.1, 0.15) is 24.2 Å². The molecule has 1 heterocycles. The van der Waals surface area contributed by atoms with Crippen LogP contribution in [0.3, 0.4) is 0 Å². The van der Waals surface area contributed by atoms with Crippen molar-refractivity contribution >= 4 is 5.69 Å². The van der Waals surface area contributed by atoms with E-state index < -0.39 is 6.10 Å². The summed E-state index contributed by atoms with van der Waals surface area (Å²) in [6.45, 7) is 2.81. The molecular formula is C18H21NO2. The lowest BCUT2D eigenvalue weighted by molar-refractivity contribution is 0.181. The molecule has 110 valence electrons. The van der Waals surface area contributed by atoms with Crippen LogP contribution in [0.5, 0.6) is 5.75 Å². The number of hydrogen-bond donors (Lipinski definition) is 1. The van der Waals surface area contributed by atoms with Gasteiger partial charge in [0.15, 0.2) is 0 Å². The van der Waals surface area contributed by atoms with E-state index in [1.807, 2.05) is 24.3 Å². The van der Waals surface area contributed by atoms with E-state index in [1.54, 1.807) is 7.11 Å². The molecule has 1 aliphatic heterocycles. The molecule has 2 aromatic rings. The van der Waals surface area contributed by atoms with Crippen molar-refractivity contribution in [2.75, 3.05) is 18.6 Å². The van der Waals surface area contributed by atoms with E-state index in [4.69, 9.17) is 4.74 Å². The normalized spacial score (nSPS) is 18.4. The van der Waals surface area contributed by atoms with Gasteiger partial charge in [0.25, 0.3) is 0 Å². The Hall–Kier alpha value is -2.00. The van der Waals surface area contributed by atoms with Crippen LogP contribution in [-0.2, 0) is 6.42 Å². The Morgan fingerprint density at radius 2 is 2.05 bits per heavy atom. The van der Waals surface area contributed by atoms with Crippen LogP contribution in [0.4, 0.5) is 5.69 Å². The van der Waals surface area contributed by atoms with Gasteiger partial charge < -0.3 is 14.7 Å². The summed E-state index contributed by atoms with van der Waals surface area (Å²) in [7, 11) is 1.64. The molecule has 3 nitrogen and oxygen atoms in total. The number of methoxy groups -OCH3 is 1. The monoisotopic (exact) mass is 283 g/mol. The van der Waals surface area contributed by atoms with Crippen molar-refractivity contribution in [2.45, 2.75) is 25.5 Å². The summed E-state index contributed by atoms with van der Waals surface area (Å²) < 4.78 is 5.23. The van der Waals surface area contributed by atoms with E-state index in [2.05, 4.69) is 36.1 Å². The van der Waals surface area contributed by atoms with Gasteiger partial charge in [-0.25, -0.2) is 0 Å². The van der Waals surface area contributed by atoms with Gasteiger partial charge in [-0.3, -0.25) is 0 Å². The van der Waals surface area contributed by atoms with Crippen LogP contribution in [0, 0.1) is 0 Å². The Morgan fingerprint density at radius 3 is 2.86 bits per heavy atom. The highest BCUT2D eigenvalue weighted by molar-refractivity contribution is 5.59. The molecule has 0 aliphatic carbocycles. The van der Waals surface area contributed by atoms with E-state index in [1.165, 1.54) is 11.3 Å². The van der Waals surface area contributed by atoms with Crippen LogP contribution in [0.15, 0.2) is 48.5 Å². The molecule has 2 atom stereocenters. The highest BCUT2D eigenvalue weighted by atomic mass is 16.5. The molecule has 1 aliphatic rings. The Labute approximate surface area is 125 Å². The first-order chi connectivity index (χ1) is 10.2. The number of nitrogens with zero attached hydrogens (tertiary/aromatic N) is 1. The molecule has 0 amide bonds. The van der Waals surface area contributed by atoms with E-state index in [9.17, 15) is 5.11 Å². The van der Waals surface area contributed by atoms with Crippen molar-refractivity contribution in [1.29, 1.82) is 0 Å². The molecule has 2 aromatic carbocycles. The average molecular weight is 283 g/mol. The molecule has 3 rings (SSSR count). The number of hydrogen-bond acceptors (Lipinski definition) is 3. The standard InChI is InChI=1S/C18H21NO2/c1-13-10-14-6-3-4-9-17(14)19(13)12-18(20)15-7-5-8-16(11-15)21-2/h3-9,11,13,18,20H,10,12H2,1-2H3. The number of rotatable bonds is 4. The van der Waals surface area contributed by atoms with Gasteiger partial charge in [-0.05, 0) is 42.7 Å². The van der Waals surface area contributed by atoms with Crippen molar-refractivity contribution < 1.29 is 9.84 Å². The number of ether oxygens (including phenoxy) is 1. The minimum atomic E-state index is -0.520. The Kier molecular flexibility index (Phi) is 3.84. The molecule has 0 bridgehead atoms. The van der Waals surface area contributed by atoms with E-state index >= 15 is 0 Å². The molecule has 0 fully saturated rings. The zero-order valence-electron chi connectivity index (χ0n) is 12.5. The molecule has 0 saturated heterocycles. The first kappa shape index (κ1) is 14.0. The lowest BCUT2D eigenvalue weighted by Gasteiger charge is -2.27. The number of aliphatic hydroxyl groups is 1. The van der Waals surface area contributed by atoms with Crippen molar-refractivity contribution in [3.05, 3.63) is 59.7 Å². The number of fused-ring (bicyclic) bond motifs is 1. The zero-order valence-corrected chi connectivity index (χ0v) is 12.5. The Bertz CT molecular complexity index is 626. The Balaban J connectivity index is 1.80. The quantitative estimate of drug-likeness (QED) is 0.935. The Morgan fingerprint density at radius 1 is 1.24 bits per heavy atom. The number of anilines is 1. The third-order valence-corrected chi connectivity index (χ3v) is 4.20. The highest BCUT2D eigenvalue weighted by Gasteiger charge is 2.27. The first-order valence-corrected chi connectivity index (χ1v) is 7.35. The number of para-hydroxylation sites is 1. The summed E-state index contributed by atoms with van der Waals surface area (Å²) in [6.07, 6.45) is 0.523. The fourth-order valence-corrected chi connectivity index (χ4v) is 3.05. The molecule has 0 radical (unpaired) electrons. The summed E-state index contributed by atoms with van der Waals surface area (Å²) >= 11 is 0. The van der Waals surface area contributed by atoms with E-state index in [-0.39, 0.29) is 0 Å². The summed E-state index contributed by atoms with van der Waals surface area (Å²) in [5.41, 5.74) is 3.50. The molecule has 21 heavy (non-hydrogen) atoms. The molecule has 0 saturated carbocycles. The summed E-state index contributed by atoms with van der Waals surface area (Å²) in [5, 5.41) is 10.5. The maximum atomic E-state index is 10.5. The smallest absolute Gasteiger partial charge is 0.119 e. The van der Waals surface area contributed by atoms with Gasteiger partial charge in [-0.15, -0.1) is 0 Å². The van der Waals surface area contributed by atoms with Crippen molar-refractivity contribution in [3.8, 4) is 5.75 Å². The van der Waals surface area contributed by atoms with E-state index in [0.717, 1.165) is 17.7 Å². The first-order valence-electron chi connectivity index (χ1n) is 7.35. The molecule has 1 N–H and O–H groups in total. The van der Waals surface area contributed by atoms with E-state index in [0.29, 0.717) is 12.6 Å². The topological polar surface area (TPSA) is 32.7 Å². The summed E-state index contributed by atoms with van der Waals surface area (Å²) in [4.78, 5) is 2.29. The van der Waals surface area contributed by atoms with Crippen molar-refractivity contribution in [2.24, 2.45) is 0 Å². The van der Waals surface area contributed by atoms with Crippen molar-refractivity contribution in [1.82, 2.24) is 0 Å². The second-order valence-electron chi connectivity index (χ2n) is 5.63. The predicted molar refractivity (Wildman–Crippen MR) is 84.9 cm³/mol. The molecular weight excluding hydrogens is 262 g/mol. The van der Waals surface area contributed by atoms with Crippen LogP contribution in [-0.4, -0.2) is 24.8 Å². The van der Waals surface area contributed by atoms with Crippen molar-refractivity contribution in [3.63, 3.8) is 0 Å². The van der Waals surface area contributed by atoms with Crippen LogP contribution < -0.4 is 9.64 Å². The SMILES string of the molecule is COc1cccc(C(O)CN2c3ccccc3CC2C)c1. The largest absolute Gasteiger partial charge is 0.497 e. The van der Waals surface area contributed by atoms with Gasteiger partial charge in [-0.1, -0.05) is 30.3 Å². The minimum Gasteiger partial charge on any atom is -0.497 e. The summed E-state index contributed by atoms with van der Waals surface area (Å²) in [6, 6.07) is 16.5.